The number of nitrogens with zero attached hydrogens (tertiary/aromatic N) is 2. The molecule has 3 N–H and O–H groups in total. The van der Waals surface area contributed by atoms with Crippen LogP contribution in [0.3, 0.4) is 0 Å². The maximum atomic E-state index is 8.98. The Hall–Kier alpha value is -3.15. The Bertz CT molecular complexity index is 1120. The van der Waals surface area contributed by atoms with Crippen molar-refractivity contribution < 1.29 is 5.11 Å². The molecule has 0 atom stereocenters. The van der Waals surface area contributed by atoms with Gasteiger partial charge in [-0.25, -0.2) is 4.98 Å². The highest BCUT2D eigenvalue weighted by Gasteiger charge is 2.08. The van der Waals surface area contributed by atoms with Crippen LogP contribution in [-0.4, -0.2) is 21.7 Å². The number of benzene rings is 3. The van der Waals surface area contributed by atoms with E-state index < -0.39 is 0 Å². The van der Waals surface area contributed by atoms with Crippen molar-refractivity contribution in [2.45, 2.75) is 19.8 Å². The zero-order valence-corrected chi connectivity index (χ0v) is 17.6. The number of aliphatic hydroxyl groups excluding tert-OH is 1. The van der Waals surface area contributed by atoms with Crippen LogP contribution in [0.1, 0.15) is 17.5 Å². The lowest BCUT2D eigenvalue weighted by Crippen LogP contribution is -2.02. The fourth-order valence-electron chi connectivity index (χ4n) is 3.25. The van der Waals surface area contributed by atoms with E-state index in [1.807, 2.05) is 48.5 Å². The number of anilines is 4. The van der Waals surface area contributed by atoms with Gasteiger partial charge in [0.15, 0.2) is 0 Å². The molecule has 0 saturated carbocycles. The first kappa shape index (κ1) is 21.6. The molecule has 5 nitrogen and oxygen atoms in total. The van der Waals surface area contributed by atoms with Crippen LogP contribution in [0, 0.1) is 6.92 Å². The number of halogens is 1. The average molecular weight is 421 g/mol. The Morgan fingerprint density at radius 1 is 0.833 bits per heavy atom. The number of nitrogens with one attached hydrogen (secondary N) is 2. The Morgan fingerprint density at radius 2 is 1.63 bits per heavy atom. The molecule has 6 heteroatoms. The van der Waals surface area contributed by atoms with Gasteiger partial charge in [-0.05, 0) is 67.3 Å². The number of aliphatic hydroxyl groups is 1. The average Bonchev–Trinajstić information content (AvgIpc) is 2.73. The molecule has 0 spiro atoms. The van der Waals surface area contributed by atoms with Crippen molar-refractivity contribution in [2.24, 2.45) is 0 Å². The minimum atomic E-state index is 0. The highest BCUT2D eigenvalue weighted by molar-refractivity contribution is 5.92. The summed E-state index contributed by atoms with van der Waals surface area (Å²) in [5, 5.41) is 16.7. The zero-order valence-electron chi connectivity index (χ0n) is 16.8. The number of aromatic nitrogens is 2. The highest BCUT2D eigenvalue weighted by Crippen LogP contribution is 2.26. The van der Waals surface area contributed by atoms with Crippen molar-refractivity contribution in [1.29, 1.82) is 0 Å². The van der Waals surface area contributed by atoms with Crippen molar-refractivity contribution in [3.05, 3.63) is 83.9 Å². The van der Waals surface area contributed by atoms with Crippen molar-refractivity contribution in [3.63, 3.8) is 0 Å². The van der Waals surface area contributed by atoms with E-state index in [0.717, 1.165) is 40.9 Å². The summed E-state index contributed by atoms with van der Waals surface area (Å²) < 4.78 is 0. The third kappa shape index (κ3) is 5.26. The van der Waals surface area contributed by atoms with Crippen LogP contribution in [0.5, 0.6) is 0 Å². The van der Waals surface area contributed by atoms with Gasteiger partial charge in [0.05, 0.1) is 5.52 Å². The summed E-state index contributed by atoms with van der Waals surface area (Å²) in [6.45, 7) is 2.28. The van der Waals surface area contributed by atoms with E-state index in [1.54, 1.807) is 0 Å². The molecular weight excluding hydrogens is 396 g/mol. The van der Waals surface area contributed by atoms with Crippen molar-refractivity contribution in [2.75, 3.05) is 17.2 Å². The van der Waals surface area contributed by atoms with E-state index in [2.05, 4.69) is 46.8 Å². The predicted octanol–water partition coefficient (Wildman–Crippen LogP) is 5.77. The zero-order chi connectivity index (χ0) is 20.1. The lowest BCUT2D eigenvalue weighted by atomic mass is 10.1. The van der Waals surface area contributed by atoms with Gasteiger partial charge in [-0.15, -0.1) is 12.4 Å². The highest BCUT2D eigenvalue weighted by atomic mass is 35.5. The second-order valence-corrected chi connectivity index (χ2v) is 7.06. The van der Waals surface area contributed by atoms with Crippen LogP contribution < -0.4 is 10.6 Å². The SMILES string of the molecule is Cc1cccc(Nc2nc(Nc3ccc(CCCO)cc3)nc3ccccc23)c1.Cl. The minimum Gasteiger partial charge on any atom is -0.396 e. The number of aryl methyl sites for hydroxylation is 2. The number of para-hydroxylation sites is 1. The van der Waals surface area contributed by atoms with E-state index in [1.165, 1.54) is 11.1 Å². The van der Waals surface area contributed by atoms with Crippen molar-refractivity contribution in [1.82, 2.24) is 9.97 Å². The van der Waals surface area contributed by atoms with Crippen LogP contribution in [0.25, 0.3) is 10.9 Å². The normalized spacial score (nSPS) is 10.5. The van der Waals surface area contributed by atoms with E-state index in [4.69, 9.17) is 10.1 Å². The smallest absolute Gasteiger partial charge is 0.229 e. The number of fused-ring (bicyclic) bond motifs is 1. The largest absolute Gasteiger partial charge is 0.396 e. The van der Waals surface area contributed by atoms with Gasteiger partial charge in [0.25, 0.3) is 0 Å². The van der Waals surface area contributed by atoms with Crippen LogP contribution in [0.4, 0.5) is 23.1 Å². The van der Waals surface area contributed by atoms with E-state index in [9.17, 15) is 0 Å². The third-order valence-electron chi connectivity index (χ3n) is 4.72. The summed E-state index contributed by atoms with van der Waals surface area (Å²) in [4.78, 5) is 9.39. The molecule has 0 radical (unpaired) electrons. The second kappa shape index (κ2) is 10.1. The minimum absolute atomic E-state index is 0. The van der Waals surface area contributed by atoms with Gasteiger partial charge in [-0.2, -0.15) is 4.98 Å². The summed E-state index contributed by atoms with van der Waals surface area (Å²) in [5.74, 6) is 1.31. The molecule has 4 aromatic rings. The first-order valence-corrected chi connectivity index (χ1v) is 9.78. The first-order valence-electron chi connectivity index (χ1n) is 9.78. The predicted molar refractivity (Wildman–Crippen MR) is 126 cm³/mol. The molecule has 154 valence electrons. The third-order valence-corrected chi connectivity index (χ3v) is 4.72. The monoisotopic (exact) mass is 420 g/mol. The second-order valence-electron chi connectivity index (χ2n) is 7.06. The molecule has 4 rings (SSSR count). The molecule has 0 saturated heterocycles. The molecule has 3 aromatic carbocycles. The van der Waals surface area contributed by atoms with Crippen LogP contribution in [-0.2, 0) is 6.42 Å². The van der Waals surface area contributed by atoms with Gasteiger partial charge in [0.2, 0.25) is 5.95 Å². The fraction of sp³-hybridized carbons (Fsp3) is 0.167. The number of rotatable bonds is 7. The maximum absolute atomic E-state index is 8.98. The Labute approximate surface area is 182 Å². The molecule has 0 aliphatic heterocycles. The van der Waals surface area contributed by atoms with E-state index in [-0.39, 0.29) is 19.0 Å². The Balaban J connectivity index is 0.00000256. The summed E-state index contributed by atoms with van der Waals surface area (Å²) in [6.07, 6.45) is 1.64. The summed E-state index contributed by atoms with van der Waals surface area (Å²) in [6, 6.07) is 24.3. The van der Waals surface area contributed by atoms with Crippen LogP contribution in [0.15, 0.2) is 72.8 Å². The Kier molecular flexibility index (Phi) is 7.22. The van der Waals surface area contributed by atoms with Gasteiger partial charge in [-0.1, -0.05) is 36.4 Å². The van der Waals surface area contributed by atoms with E-state index >= 15 is 0 Å². The lowest BCUT2D eigenvalue weighted by molar-refractivity contribution is 0.288. The molecule has 1 heterocycles. The molecule has 1 aromatic heterocycles. The van der Waals surface area contributed by atoms with Crippen LogP contribution in [0.2, 0.25) is 0 Å². The molecule has 0 amide bonds. The topological polar surface area (TPSA) is 70.1 Å². The summed E-state index contributed by atoms with van der Waals surface area (Å²) in [7, 11) is 0. The van der Waals surface area contributed by atoms with E-state index in [0.29, 0.717) is 5.95 Å². The molecule has 0 aliphatic rings. The quantitative estimate of drug-likeness (QED) is 0.354. The lowest BCUT2D eigenvalue weighted by Gasteiger charge is -2.12. The maximum Gasteiger partial charge on any atom is 0.229 e. The molecular formula is C24H25ClN4O. The van der Waals surface area contributed by atoms with Crippen molar-refractivity contribution >= 4 is 46.5 Å². The standard InChI is InChI=1S/C24H24N4O.ClH/c1-17-6-4-8-20(16-17)25-23-21-9-2-3-10-22(21)27-24(28-23)26-19-13-11-18(12-14-19)7-5-15-29;/h2-4,6,8-14,16,29H,5,7,15H2,1H3,(H2,25,26,27,28);1H. The van der Waals surface area contributed by atoms with Gasteiger partial charge < -0.3 is 15.7 Å². The van der Waals surface area contributed by atoms with Gasteiger partial charge in [0.1, 0.15) is 5.82 Å². The Morgan fingerprint density at radius 3 is 2.40 bits per heavy atom. The summed E-state index contributed by atoms with van der Waals surface area (Å²) >= 11 is 0. The molecule has 30 heavy (non-hydrogen) atoms. The van der Waals surface area contributed by atoms with Crippen molar-refractivity contribution in [3.8, 4) is 0 Å². The molecule has 0 fully saturated rings. The molecule has 0 unspecified atom stereocenters. The number of hydrogen-bond acceptors (Lipinski definition) is 5. The molecule has 0 aliphatic carbocycles. The first-order chi connectivity index (χ1) is 14.2. The molecule has 0 bridgehead atoms. The van der Waals surface area contributed by atoms with Gasteiger partial charge in [-0.3, -0.25) is 0 Å². The fourth-order valence-corrected chi connectivity index (χ4v) is 3.25. The summed E-state index contributed by atoms with van der Waals surface area (Å²) in [5.41, 5.74) is 5.18. The number of hydrogen-bond donors (Lipinski definition) is 3. The van der Waals surface area contributed by atoms with Gasteiger partial charge >= 0.3 is 0 Å². The van der Waals surface area contributed by atoms with Gasteiger partial charge in [0, 0.05) is 23.4 Å². The van der Waals surface area contributed by atoms with Crippen LogP contribution >= 0.6 is 12.4 Å².